The Morgan fingerprint density at radius 3 is 2.47 bits per heavy atom. The van der Waals surface area contributed by atoms with Crippen LogP contribution in [0.2, 0.25) is 0 Å². The lowest BCUT2D eigenvalue weighted by Gasteiger charge is -2.19. The highest BCUT2D eigenvalue weighted by Gasteiger charge is 2.27. The summed E-state index contributed by atoms with van der Waals surface area (Å²) in [7, 11) is 0. The molecule has 4 N–H and O–H groups in total. The summed E-state index contributed by atoms with van der Waals surface area (Å²) in [5, 5.41) is 18.1. The summed E-state index contributed by atoms with van der Waals surface area (Å²) in [6, 6.07) is 8.42. The quantitative estimate of drug-likeness (QED) is 0.629. The van der Waals surface area contributed by atoms with Crippen molar-refractivity contribution in [3.05, 3.63) is 30.3 Å². The highest BCUT2D eigenvalue weighted by atomic mass is 16.5. The predicted octanol–water partition coefficient (Wildman–Crippen LogP) is -0.162. The van der Waals surface area contributed by atoms with Gasteiger partial charge in [0.2, 0.25) is 6.10 Å². The van der Waals surface area contributed by atoms with Crippen LogP contribution in [0.5, 0.6) is 5.75 Å². The molecule has 0 aromatic heterocycles. The minimum Gasteiger partial charge on any atom is -0.478 e. The Labute approximate surface area is 87.1 Å². The maximum atomic E-state index is 10.8. The lowest BCUT2D eigenvalue weighted by atomic mass is 10.2. The molecule has 15 heavy (non-hydrogen) atoms. The van der Waals surface area contributed by atoms with E-state index in [4.69, 9.17) is 15.6 Å². The van der Waals surface area contributed by atoms with Crippen LogP contribution in [0, 0.1) is 0 Å². The third-order valence-corrected chi connectivity index (χ3v) is 1.84. The largest absolute Gasteiger partial charge is 0.478 e. The van der Waals surface area contributed by atoms with Crippen LogP contribution < -0.4 is 10.5 Å². The molecular weight excluding hydrogens is 198 g/mol. The number of nitrogens with two attached hydrogens (primary N) is 1. The van der Waals surface area contributed by atoms with E-state index in [9.17, 15) is 9.90 Å². The van der Waals surface area contributed by atoms with Crippen molar-refractivity contribution < 1.29 is 19.7 Å². The number of hydrogen-bond acceptors (Lipinski definition) is 4. The highest BCUT2D eigenvalue weighted by Crippen LogP contribution is 2.12. The van der Waals surface area contributed by atoms with Gasteiger partial charge in [-0.3, -0.25) is 0 Å². The maximum Gasteiger partial charge on any atom is 0.347 e. The average Bonchev–Trinajstić information content (AvgIpc) is 2.26. The highest BCUT2D eigenvalue weighted by molar-refractivity contribution is 5.73. The fourth-order valence-corrected chi connectivity index (χ4v) is 1.06. The van der Waals surface area contributed by atoms with E-state index in [0.29, 0.717) is 5.75 Å². The van der Waals surface area contributed by atoms with Crippen molar-refractivity contribution in [3.63, 3.8) is 0 Å². The van der Waals surface area contributed by atoms with E-state index < -0.39 is 18.2 Å². The van der Waals surface area contributed by atoms with Crippen molar-refractivity contribution >= 4 is 5.97 Å². The number of carboxylic acid groups (broad SMARTS) is 1. The van der Waals surface area contributed by atoms with Gasteiger partial charge in [0.05, 0.1) is 0 Å². The number of hydrogen-bond donors (Lipinski definition) is 3. The maximum absolute atomic E-state index is 10.8. The molecule has 0 amide bonds. The Hall–Kier alpha value is -1.59. The number of aliphatic hydroxyl groups excluding tert-OH is 1. The lowest BCUT2D eigenvalue weighted by Crippen LogP contribution is -2.43. The fourth-order valence-electron chi connectivity index (χ4n) is 1.06. The summed E-state index contributed by atoms with van der Waals surface area (Å²) in [6.07, 6.45) is -2.56. The van der Waals surface area contributed by atoms with Crippen LogP contribution in [-0.4, -0.2) is 34.9 Å². The van der Waals surface area contributed by atoms with Crippen molar-refractivity contribution in [3.8, 4) is 5.75 Å². The molecule has 2 atom stereocenters. The molecule has 5 heteroatoms. The van der Waals surface area contributed by atoms with E-state index in [2.05, 4.69) is 0 Å². The summed E-state index contributed by atoms with van der Waals surface area (Å²) in [5.41, 5.74) is 5.17. The monoisotopic (exact) mass is 211 g/mol. The summed E-state index contributed by atoms with van der Waals surface area (Å²) < 4.78 is 5.10. The Kier molecular flexibility index (Phi) is 4.08. The molecule has 0 heterocycles. The van der Waals surface area contributed by atoms with Crippen LogP contribution in [0.3, 0.4) is 0 Å². The molecule has 0 saturated carbocycles. The molecule has 0 saturated heterocycles. The van der Waals surface area contributed by atoms with Gasteiger partial charge >= 0.3 is 5.97 Å². The van der Waals surface area contributed by atoms with Gasteiger partial charge in [-0.25, -0.2) is 4.79 Å². The molecule has 0 fully saturated rings. The van der Waals surface area contributed by atoms with Crippen LogP contribution in [0.4, 0.5) is 0 Å². The second-order valence-corrected chi connectivity index (χ2v) is 2.99. The van der Waals surface area contributed by atoms with Gasteiger partial charge in [-0.2, -0.15) is 0 Å². The van der Waals surface area contributed by atoms with Crippen LogP contribution in [0.25, 0.3) is 0 Å². The predicted molar refractivity (Wildman–Crippen MR) is 53.6 cm³/mol. The molecule has 82 valence electrons. The molecule has 1 aromatic carbocycles. The van der Waals surface area contributed by atoms with Crippen LogP contribution in [-0.2, 0) is 4.79 Å². The summed E-state index contributed by atoms with van der Waals surface area (Å²) in [4.78, 5) is 10.8. The van der Waals surface area contributed by atoms with Crippen molar-refractivity contribution in [1.82, 2.24) is 0 Å². The molecule has 5 nitrogen and oxygen atoms in total. The summed E-state index contributed by atoms with van der Waals surface area (Å²) in [5.74, 6) is -0.853. The Balaban J connectivity index is 2.71. The van der Waals surface area contributed by atoms with E-state index in [0.717, 1.165) is 0 Å². The van der Waals surface area contributed by atoms with Crippen molar-refractivity contribution in [1.29, 1.82) is 0 Å². The normalized spacial score (nSPS) is 14.3. The third-order valence-electron chi connectivity index (χ3n) is 1.84. The molecule has 2 unspecified atom stereocenters. The molecule has 0 spiro atoms. The molecule has 1 rings (SSSR count). The molecule has 0 aliphatic heterocycles. The first kappa shape index (κ1) is 11.5. The Morgan fingerprint density at radius 1 is 1.40 bits per heavy atom. The van der Waals surface area contributed by atoms with E-state index in [1.807, 2.05) is 0 Å². The van der Waals surface area contributed by atoms with Gasteiger partial charge in [-0.05, 0) is 12.1 Å². The fraction of sp³-hybridized carbons (Fsp3) is 0.300. The molecule has 0 bridgehead atoms. The second kappa shape index (κ2) is 5.33. The van der Waals surface area contributed by atoms with Gasteiger partial charge in [0.25, 0.3) is 0 Å². The molecular formula is C10H13NO4. The van der Waals surface area contributed by atoms with Gasteiger partial charge in [0.15, 0.2) is 0 Å². The number of para-hydroxylation sites is 1. The van der Waals surface area contributed by atoms with Gasteiger partial charge < -0.3 is 20.7 Å². The van der Waals surface area contributed by atoms with Crippen molar-refractivity contribution in [2.45, 2.75) is 12.2 Å². The smallest absolute Gasteiger partial charge is 0.347 e. The van der Waals surface area contributed by atoms with Crippen LogP contribution in [0.1, 0.15) is 0 Å². The third kappa shape index (κ3) is 3.23. The van der Waals surface area contributed by atoms with Gasteiger partial charge in [-0.15, -0.1) is 0 Å². The number of ether oxygens (including phenoxy) is 1. The number of aliphatic hydroxyl groups is 1. The van der Waals surface area contributed by atoms with Gasteiger partial charge in [0, 0.05) is 6.54 Å². The second-order valence-electron chi connectivity index (χ2n) is 2.99. The van der Waals surface area contributed by atoms with E-state index >= 15 is 0 Å². The van der Waals surface area contributed by atoms with E-state index in [-0.39, 0.29) is 6.54 Å². The van der Waals surface area contributed by atoms with E-state index in [1.165, 1.54) is 0 Å². The van der Waals surface area contributed by atoms with Gasteiger partial charge in [0.1, 0.15) is 11.9 Å². The Bertz CT molecular complexity index is 314. The molecule has 0 aliphatic carbocycles. The lowest BCUT2D eigenvalue weighted by molar-refractivity contribution is -0.150. The first-order valence-electron chi connectivity index (χ1n) is 4.47. The number of benzene rings is 1. The molecule has 1 aromatic rings. The van der Waals surface area contributed by atoms with Gasteiger partial charge in [-0.1, -0.05) is 18.2 Å². The van der Waals surface area contributed by atoms with Crippen molar-refractivity contribution in [2.24, 2.45) is 5.73 Å². The number of aliphatic carboxylic acids is 1. The van der Waals surface area contributed by atoms with Crippen LogP contribution >= 0.6 is 0 Å². The topological polar surface area (TPSA) is 92.8 Å². The molecule has 0 radical (unpaired) electrons. The van der Waals surface area contributed by atoms with Crippen LogP contribution in [0.15, 0.2) is 30.3 Å². The standard InChI is InChI=1S/C10H13NO4/c11-6-8(12)9(10(13)14)15-7-4-2-1-3-5-7/h1-5,8-9,12H,6,11H2,(H,13,14). The summed E-state index contributed by atoms with van der Waals surface area (Å²) >= 11 is 0. The minimum absolute atomic E-state index is 0.163. The minimum atomic E-state index is -1.34. The average molecular weight is 211 g/mol. The first-order chi connectivity index (χ1) is 7.15. The zero-order valence-corrected chi connectivity index (χ0v) is 8.04. The number of carbonyl (C=O) groups is 1. The first-order valence-corrected chi connectivity index (χ1v) is 4.47. The van der Waals surface area contributed by atoms with E-state index in [1.54, 1.807) is 30.3 Å². The Morgan fingerprint density at radius 2 is 2.00 bits per heavy atom. The molecule has 0 aliphatic rings. The SMILES string of the molecule is NCC(O)C(Oc1ccccc1)C(=O)O. The summed E-state index contributed by atoms with van der Waals surface area (Å²) in [6.45, 7) is -0.163. The van der Waals surface area contributed by atoms with Crippen molar-refractivity contribution in [2.75, 3.05) is 6.54 Å². The zero-order valence-electron chi connectivity index (χ0n) is 8.04. The number of carboxylic acids is 1. The zero-order chi connectivity index (χ0) is 11.3. The number of rotatable bonds is 5.